The van der Waals surface area contributed by atoms with E-state index in [2.05, 4.69) is 16.0 Å². The van der Waals surface area contributed by atoms with E-state index in [0.29, 0.717) is 11.2 Å². The molecule has 0 aliphatic heterocycles. The molecule has 1 aliphatic rings. The summed E-state index contributed by atoms with van der Waals surface area (Å²) in [4.78, 5) is 20.3. The van der Waals surface area contributed by atoms with Gasteiger partial charge >= 0.3 is 0 Å². The van der Waals surface area contributed by atoms with Crippen molar-refractivity contribution in [3.8, 4) is 0 Å². The van der Waals surface area contributed by atoms with Gasteiger partial charge in [-0.2, -0.15) is 0 Å². The minimum absolute atomic E-state index is 0.000324. The molecule has 0 saturated carbocycles. The monoisotopic (exact) mass is 237 g/mol. The minimum atomic E-state index is -0.000324. The van der Waals surface area contributed by atoms with Crippen LogP contribution >= 0.6 is 0 Å². The number of benzene rings is 1. The van der Waals surface area contributed by atoms with Gasteiger partial charge in [0.05, 0.1) is 16.6 Å². The first-order valence-corrected chi connectivity index (χ1v) is 6.03. The van der Waals surface area contributed by atoms with Gasteiger partial charge in [-0.15, -0.1) is 0 Å². The predicted molar refractivity (Wildman–Crippen MR) is 70.7 cm³/mol. The van der Waals surface area contributed by atoms with Crippen LogP contribution in [-0.2, 0) is 6.42 Å². The summed E-state index contributed by atoms with van der Waals surface area (Å²) in [5.74, 6) is 0.634. The fourth-order valence-corrected chi connectivity index (χ4v) is 2.56. The molecule has 0 radical (unpaired) electrons. The Kier molecular flexibility index (Phi) is 1.78. The highest BCUT2D eigenvalue weighted by molar-refractivity contribution is 5.79. The Morgan fingerprint density at radius 1 is 1.28 bits per heavy atom. The smallest absolute Gasteiger partial charge is 0.267 e. The number of H-pyrrole nitrogens is 1. The van der Waals surface area contributed by atoms with E-state index in [9.17, 15) is 4.79 Å². The third kappa shape index (κ3) is 1.14. The molecule has 4 nitrogen and oxygen atoms in total. The third-order valence-corrected chi connectivity index (χ3v) is 3.43. The quantitative estimate of drug-likeness (QED) is 0.651. The lowest BCUT2D eigenvalue weighted by molar-refractivity contribution is 0.939. The van der Waals surface area contributed by atoms with Crippen molar-refractivity contribution in [3.63, 3.8) is 0 Å². The number of fused-ring (bicyclic) bond motifs is 4. The van der Waals surface area contributed by atoms with E-state index in [-0.39, 0.29) is 5.56 Å². The molecular weight excluding hydrogens is 226 g/mol. The van der Waals surface area contributed by atoms with Crippen molar-refractivity contribution in [2.24, 2.45) is 0 Å². The maximum absolute atomic E-state index is 12.5. The number of para-hydroxylation sites is 1. The van der Waals surface area contributed by atoms with Gasteiger partial charge in [0, 0.05) is 5.69 Å². The maximum atomic E-state index is 12.5. The first kappa shape index (κ1) is 9.65. The van der Waals surface area contributed by atoms with Crippen LogP contribution in [0.1, 0.15) is 17.8 Å². The average molecular weight is 237 g/mol. The Hall–Kier alpha value is -2.36. The van der Waals surface area contributed by atoms with E-state index in [1.54, 1.807) is 4.40 Å². The Bertz CT molecular complexity index is 854. The molecule has 0 amide bonds. The van der Waals surface area contributed by atoms with Crippen LogP contribution in [-0.4, -0.2) is 14.4 Å². The number of aromatic nitrogens is 3. The molecule has 0 saturated heterocycles. The topological polar surface area (TPSA) is 50.2 Å². The third-order valence-electron chi connectivity index (χ3n) is 3.43. The molecule has 4 rings (SSSR count). The summed E-state index contributed by atoms with van der Waals surface area (Å²) in [7, 11) is 0. The van der Waals surface area contributed by atoms with Gasteiger partial charge < -0.3 is 4.98 Å². The SMILES string of the molecule is O=c1c2ccccc2nc2[nH]c3c(n12)C=CCC3. The van der Waals surface area contributed by atoms with Crippen LogP contribution in [0.2, 0.25) is 0 Å². The van der Waals surface area contributed by atoms with Crippen LogP contribution in [0.15, 0.2) is 35.1 Å². The summed E-state index contributed by atoms with van der Waals surface area (Å²) in [6.45, 7) is 0. The molecule has 0 bridgehead atoms. The number of aryl methyl sites for hydroxylation is 1. The molecule has 0 atom stereocenters. The van der Waals surface area contributed by atoms with Gasteiger partial charge in [-0.3, -0.25) is 4.79 Å². The highest BCUT2D eigenvalue weighted by Gasteiger charge is 2.15. The number of nitrogens with zero attached hydrogens (tertiary/aromatic N) is 2. The number of hydrogen-bond donors (Lipinski definition) is 1. The Labute approximate surface area is 103 Å². The van der Waals surface area contributed by atoms with Crippen molar-refractivity contribution < 1.29 is 0 Å². The van der Waals surface area contributed by atoms with Gasteiger partial charge in [-0.25, -0.2) is 9.38 Å². The molecule has 2 aromatic heterocycles. The van der Waals surface area contributed by atoms with E-state index in [4.69, 9.17) is 0 Å². The van der Waals surface area contributed by atoms with Gasteiger partial charge in [-0.05, 0) is 31.1 Å². The summed E-state index contributed by atoms with van der Waals surface area (Å²) >= 11 is 0. The normalized spacial score (nSPS) is 14.2. The standard InChI is InChI=1S/C14H11N3O/c18-13-9-5-1-2-6-10(9)15-14-16-11-7-3-4-8-12(11)17(13)14/h1-2,4-6,8H,3,7H2,(H,15,16). The second-order valence-corrected chi connectivity index (χ2v) is 4.52. The zero-order chi connectivity index (χ0) is 12.1. The molecule has 2 heterocycles. The zero-order valence-electron chi connectivity index (χ0n) is 9.68. The summed E-state index contributed by atoms with van der Waals surface area (Å²) in [6, 6.07) is 7.45. The van der Waals surface area contributed by atoms with Crippen molar-refractivity contribution >= 4 is 22.8 Å². The molecule has 88 valence electrons. The minimum Gasteiger partial charge on any atom is -0.327 e. The maximum Gasteiger partial charge on any atom is 0.267 e. The van der Waals surface area contributed by atoms with E-state index >= 15 is 0 Å². The van der Waals surface area contributed by atoms with Crippen molar-refractivity contribution in [1.29, 1.82) is 0 Å². The number of aromatic amines is 1. The first-order chi connectivity index (χ1) is 8.84. The van der Waals surface area contributed by atoms with Crippen molar-refractivity contribution in [1.82, 2.24) is 14.4 Å². The van der Waals surface area contributed by atoms with Gasteiger partial charge in [0.1, 0.15) is 0 Å². The summed E-state index contributed by atoms with van der Waals surface area (Å²) in [6.07, 6.45) is 6.04. The number of hydrogen-bond acceptors (Lipinski definition) is 2. The fourth-order valence-electron chi connectivity index (χ4n) is 2.56. The molecule has 0 spiro atoms. The molecule has 0 fully saturated rings. The highest BCUT2D eigenvalue weighted by Crippen LogP contribution is 2.19. The van der Waals surface area contributed by atoms with Crippen LogP contribution in [0, 0.1) is 0 Å². The Morgan fingerprint density at radius 2 is 2.17 bits per heavy atom. The second kappa shape index (κ2) is 3.32. The van der Waals surface area contributed by atoms with Gasteiger partial charge in [-0.1, -0.05) is 18.2 Å². The van der Waals surface area contributed by atoms with E-state index in [1.807, 2.05) is 30.3 Å². The summed E-state index contributed by atoms with van der Waals surface area (Å²) in [5, 5.41) is 0.663. The summed E-state index contributed by atoms with van der Waals surface area (Å²) < 4.78 is 1.67. The largest absolute Gasteiger partial charge is 0.327 e. The molecule has 1 aliphatic carbocycles. The molecule has 18 heavy (non-hydrogen) atoms. The lowest BCUT2D eigenvalue weighted by Crippen LogP contribution is -2.15. The second-order valence-electron chi connectivity index (χ2n) is 4.52. The average Bonchev–Trinajstić information content (AvgIpc) is 2.77. The van der Waals surface area contributed by atoms with Gasteiger partial charge in [0.15, 0.2) is 0 Å². The summed E-state index contributed by atoms with van der Waals surface area (Å²) in [5.41, 5.74) is 2.78. The number of nitrogens with one attached hydrogen (secondary N) is 1. The van der Waals surface area contributed by atoms with Gasteiger partial charge in [0.2, 0.25) is 5.78 Å². The van der Waals surface area contributed by atoms with Crippen LogP contribution in [0.3, 0.4) is 0 Å². The number of allylic oxidation sites excluding steroid dienone is 1. The van der Waals surface area contributed by atoms with E-state index in [1.165, 1.54) is 0 Å². The van der Waals surface area contributed by atoms with Crippen molar-refractivity contribution in [2.45, 2.75) is 12.8 Å². The zero-order valence-corrected chi connectivity index (χ0v) is 9.68. The van der Waals surface area contributed by atoms with Crippen LogP contribution in [0.25, 0.3) is 22.8 Å². The van der Waals surface area contributed by atoms with Crippen LogP contribution in [0.4, 0.5) is 0 Å². The Balaban J connectivity index is 2.27. The molecule has 3 aromatic rings. The Morgan fingerprint density at radius 3 is 3.11 bits per heavy atom. The predicted octanol–water partition coefficient (Wildman–Crippen LogP) is 2.14. The van der Waals surface area contributed by atoms with Crippen LogP contribution < -0.4 is 5.56 Å². The molecule has 1 aromatic carbocycles. The van der Waals surface area contributed by atoms with Crippen LogP contribution in [0.5, 0.6) is 0 Å². The van der Waals surface area contributed by atoms with Crippen molar-refractivity contribution in [2.75, 3.05) is 0 Å². The van der Waals surface area contributed by atoms with Gasteiger partial charge in [0.25, 0.3) is 5.56 Å². The molecule has 0 unspecified atom stereocenters. The van der Waals surface area contributed by atoms with Crippen molar-refractivity contribution in [3.05, 3.63) is 52.1 Å². The number of imidazole rings is 1. The lowest BCUT2D eigenvalue weighted by atomic mass is 10.1. The highest BCUT2D eigenvalue weighted by atomic mass is 16.1. The van der Waals surface area contributed by atoms with E-state index < -0.39 is 0 Å². The molecule has 4 heteroatoms. The van der Waals surface area contributed by atoms with E-state index in [0.717, 1.165) is 29.7 Å². The number of rotatable bonds is 0. The first-order valence-electron chi connectivity index (χ1n) is 6.03. The fraction of sp³-hybridized carbons (Fsp3) is 0.143. The molecule has 1 N–H and O–H groups in total. The lowest BCUT2D eigenvalue weighted by Gasteiger charge is -2.03. The molecular formula is C14H11N3O.